The summed E-state index contributed by atoms with van der Waals surface area (Å²) in [4.78, 5) is 18.3. The number of hydrogen-bond acceptors (Lipinski definition) is 2. The molecule has 0 spiro atoms. The van der Waals surface area contributed by atoms with Crippen molar-refractivity contribution in [2.45, 2.75) is 12.2 Å². The van der Waals surface area contributed by atoms with E-state index in [4.69, 9.17) is 15.0 Å². The highest BCUT2D eigenvalue weighted by Crippen LogP contribution is 2.21. The number of carboxylic acids is 1. The highest BCUT2D eigenvalue weighted by Gasteiger charge is 2.59. The quantitative estimate of drug-likeness (QED) is 0.351. The van der Waals surface area contributed by atoms with Crippen molar-refractivity contribution in [2.24, 2.45) is 0 Å². The zero-order valence-electron chi connectivity index (χ0n) is 4.37. The molecule has 0 aromatic carbocycles. The van der Waals surface area contributed by atoms with Gasteiger partial charge in [0.05, 0.1) is 0 Å². The third-order valence-corrected chi connectivity index (χ3v) is 1.00. The van der Waals surface area contributed by atoms with E-state index in [1.54, 1.807) is 0 Å². The van der Waals surface area contributed by atoms with E-state index in [1.165, 1.54) is 0 Å². The fraction of sp³-hybridized carbons (Fsp3) is 0.500. The maximum atomic E-state index is 10.0. The topological polar surface area (TPSA) is 94.1 Å². The van der Waals surface area contributed by atoms with E-state index in [9.17, 15) is 4.79 Å². The summed E-state index contributed by atoms with van der Waals surface area (Å²) in [5.74, 6) is -1.86. The minimum atomic E-state index is -0.949. The monoisotopic (exact) mass is 134 g/mol. The largest absolute Gasteiger partial charge is 0.563 e. The van der Waals surface area contributed by atoms with Crippen LogP contribution in [0.15, 0.2) is 0 Å². The van der Waals surface area contributed by atoms with Crippen molar-refractivity contribution < 1.29 is 24.5 Å². The number of aliphatic carboxylic acids is 1. The molecule has 1 aliphatic heterocycles. The Morgan fingerprint density at radius 2 is 2.22 bits per heavy atom. The zero-order chi connectivity index (χ0) is 7.02. The van der Waals surface area contributed by atoms with Crippen LogP contribution in [-0.4, -0.2) is 39.2 Å². The fourth-order valence-electron chi connectivity index (χ4n) is 0.508. The number of carboxylic acid groups (broad SMARTS) is 1. The first-order valence-corrected chi connectivity index (χ1v) is 2.28. The summed E-state index contributed by atoms with van der Waals surface area (Å²) in [5.41, 5.74) is 0. The number of ether oxygens (including phenoxy) is 1. The first-order chi connectivity index (χ1) is 4.13. The van der Waals surface area contributed by atoms with Crippen molar-refractivity contribution in [3.63, 3.8) is 0 Å². The second-order valence-corrected chi connectivity index (χ2v) is 1.70. The van der Waals surface area contributed by atoms with E-state index in [0.29, 0.717) is 0 Å². The van der Waals surface area contributed by atoms with Crippen LogP contribution in [0, 0.1) is 0 Å². The maximum Gasteiger partial charge on any atom is 0.548 e. The normalized spacial score (nSPS) is 31.6. The molecule has 0 amide bonds. The highest BCUT2D eigenvalue weighted by molar-refractivity contribution is 5.88. The molecule has 1 saturated heterocycles. The van der Waals surface area contributed by atoms with E-state index in [-0.39, 0.29) is 0 Å². The molecule has 1 rings (SSSR count). The second kappa shape index (κ2) is 1.70. The Labute approximate surface area is 49.9 Å². The molecule has 0 saturated carbocycles. The molecular weight excluding hydrogens is 128 g/mol. The molecular formula is C4H6O5+2. The lowest BCUT2D eigenvalue weighted by Gasteiger charge is -1.68. The zero-order valence-corrected chi connectivity index (χ0v) is 4.37. The maximum absolute atomic E-state index is 10.0. The van der Waals surface area contributed by atoms with Crippen molar-refractivity contribution in [1.29, 1.82) is 0 Å². The first-order valence-electron chi connectivity index (χ1n) is 2.28. The third kappa shape index (κ3) is 0.996. The molecule has 0 aromatic heterocycles. The van der Waals surface area contributed by atoms with Crippen LogP contribution in [0.4, 0.5) is 0 Å². The van der Waals surface area contributed by atoms with Gasteiger partial charge in [-0.3, -0.25) is 0 Å². The average Bonchev–Trinajstić information content (AvgIpc) is 2.39. The number of aliphatic hydroxyl groups excluding tert-OH is 1. The molecule has 0 radical (unpaired) electrons. The van der Waals surface area contributed by atoms with Gasteiger partial charge < -0.3 is 19.7 Å². The molecule has 1 heterocycles. The molecule has 50 valence electrons. The van der Waals surface area contributed by atoms with E-state index in [0.717, 1.165) is 0 Å². The van der Waals surface area contributed by atoms with Crippen LogP contribution in [0.25, 0.3) is 0 Å². The van der Waals surface area contributed by atoms with Crippen molar-refractivity contribution in [1.82, 2.24) is 0 Å². The minimum absolute atomic E-state index is 0.930. The Morgan fingerprint density at radius 1 is 1.67 bits per heavy atom. The second-order valence-electron chi connectivity index (χ2n) is 1.70. The van der Waals surface area contributed by atoms with Crippen LogP contribution < -0.4 is 0 Å². The van der Waals surface area contributed by atoms with Crippen LogP contribution >= 0.6 is 0 Å². The SMILES string of the molecule is O=C([OH2+])[C@@H]1O[C@@H]1C(O)=[OH+]. The molecule has 5 heteroatoms. The van der Waals surface area contributed by atoms with Gasteiger partial charge in [0.15, 0.2) is 0 Å². The molecule has 0 bridgehead atoms. The number of carbonyl (C=O) groups is 1. The predicted octanol–water partition coefficient (Wildman–Crippen LogP) is -1.93. The Morgan fingerprint density at radius 3 is 2.33 bits per heavy atom. The summed E-state index contributed by atoms with van der Waals surface area (Å²) < 4.78 is 4.37. The molecule has 5 nitrogen and oxygen atoms in total. The van der Waals surface area contributed by atoms with Gasteiger partial charge >= 0.3 is 11.9 Å². The average molecular weight is 134 g/mol. The molecule has 1 fully saturated rings. The fourth-order valence-corrected chi connectivity index (χ4v) is 0.508. The summed E-state index contributed by atoms with van der Waals surface area (Å²) >= 11 is 0. The summed E-state index contributed by atoms with van der Waals surface area (Å²) in [6, 6.07) is 0. The summed E-state index contributed by atoms with van der Waals surface area (Å²) in [6.07, 6.45) is -1.90. The van der Waals surface area contributed by atoms with Gasteiger partial charge in [0.2, 0.25) is 0 Å². The van der Waals surface area contributed by atoms with E-state index in [2.05, 4.69) is 4.74 Å². The van der Waals surface area contributed by atoms with Crippen LogP contribution in [0.5, 0.6) is 0 Å². The van der Waals surface area contributed by atoms with Gasteiger partial charge in [0.25, 0.3) is 12.2 Å². The summed E-state index contributed by atoms with van der Waals surface area (Å²) in [5, 5.41) is 14.6. The Hall–Kier alpha value is -1.10. The Balaban J connectivity index is 2.42. The lowest BCUT2D eigenvalue weighted by molar-refractivity contribution is -0.138. The Kier molecular flexibility index (Phi) is 1.14. The van der Waals surface area contributed by atoms with Gasteiger partial charge in [-0.05, 0) is 0 Å². The first kappa shape index (κ1) is 6.03. The van der Waals surface area contributed by atoms with Crippen molar-refractivity contribution >= 4 is 11.9 Å². The van der Waals surface area contributed by atoms with Crippen molar-refractivity contribution in [3.05, 3.63) is 0 Å². The molecule has 0 aromatic rings. The lowest BCUT2D eigenvalue weighted by atomic mass is 10.3. The van der Waals surface area contributed by atoms with Crippen LogP contribution in [0.1, 0.15) is 0 Å². The third-order valence-electron chi connectivity index (χ3n) is 1.00. The van der Waals surface area contributed by atoms with Gasteiger partial charge in [0, 0.05) is 4.79 Å². The molecule has 0 aliphatic carbocycles. The Bertz CT molecular complexity index is 144. The number of rotatable bonds is 2. The van der Waals surface area contributed by atoms with Crippen LogP contribution in [0.3, 0.4) is 0 Å². The number of hydrogen-bond donors (Lipinski definition) is 1. The highest BCUT2D eigenvalue weighted by atomic mass is 16.6. The van der Waals surface area contributed by atoms with Crippen LogP contribution in [-0.2, 0) is 9.53 Å². The predicted molar refractivity (Wildman–Crippen MR) is 26.9 cm³/mol. The van der Waals surface area contributed by atoms with Gasteiger partial charge in [-0.25, -0.2) is 0 Å². The number of carbonyl (C=O) groups excluding carboxylic acids is 1. The van der Waals surface area contributed by atoms with Gasteiger partial charge in [-0.1, -0.05) is 0 Å². The molecule has 4 N–H and O–H groups in total. The van der Waals surface area contributed by atoms with Gasteiger partial charge in [-0.15, -0.1) is 0 Å². The van der Waals surface area contributed by atoms with E-state index < -0.39 is 24.1 Å². The molecule has 9 heavy (non-hydrogen) atoms. The smallest absolute Gasteiger partial charge is 0.548 e. The summed E-state index contributed by atoms with van der Waals surface area (Å²) in [6.45, 7) is 0. The number of epoxide rings is 1. The lowest BCUT2D eigenvalue weighted by Crippen LogP contribution is -2.14. The minimum Gasteiger partial charge on any atom is -0.563 e. The van der Waals surface area contributed by atoms with Crippen molar-refractivity contribution in [2.75, 3.05) is 0 Å². The summed E-state index contributed by atoms with van der Waals surface area (Å²) in [7, 11) is 0. The van der Waals surface area contributed by atoms with Crippen LogP contribution in [0.2, 0.25) is 0 Å². The van der Waals surface area contributed by atoms with Gasteiger partial charge in [0.1, 0.15) is 0 Å². The van der Waals surface area contributed by atoms with Crippen molar-refractivity contribution in [3.8, 4) is 0 Å². The molecule has 2 atom stereocenters. The van der Waals surface area contributed by atoms with E-state index in [1.807, 2.05) is 0 Å². The van der Waals surface area contributed by atoms with E-state index >= 15 is 0 Å². The molecule has 0 unspecified atom stereocenters. The standard InChI is InChI=1S/C4H4O5/c5-3(6)1-2(9-1)4(7)8/h1-2H,(H,5,6)(H,7,8)/p+2/t1-,2+. The van der Waals surface area contributed by atoms with Gasteiger partial charge in [-0.2, -0.15) is 0 Å². The molecule has 1 aliphatic rings.